The zero-order valence-corrected chi connectivity index (χ0v) is 42.8. The fourth-order valence-corrected chi connectivity index (χ4v) is 10.4. The number of unbranched alkanes of at least 4 members (excludes halogenated alkanes) is 36. The van der Waals surface area contributed by atoms with Crippen molar-refractivity contribution < 1.29 is 28.7 Å². The minimum atomic E-state index is -0.772. The van der Waals surface area contributed by atoms with Crippen molar-refractivity contribution in [2.45, 2.75) is 283 Å². The number of rotatable bonds is 49. The van der Waals surface area contributed by atoms with Gasteiger partial charge in [-0.1, -0.05) is 267 Å². The van der Waals surface area contributed by atoms with Crippen LogP contribution in [0.15, 0.2) is 0 Å². The monoisotopic (exact) mass is 913 g/mol. The van der Waals surface area contributed by atoms with Gasteiger partial charge in [0.05, 0.1) is 14.2 Å². The topological polar surface area (TPSA) is 111 Å². The quantitative estimate of drug-likeness (QED) is 0.0353. The molecule has 0 aliphatic carbocycles. The lowest BCUT2D eigenvalue weighted by Gasteiger charge is -2.18. The SMILES string of the molecule is CCCCCCCCCCCCCCCCCCCCCC(=O)N[C@@H](CSSC[C@H](NC(=O)CCCCCCCCCCCCCCCCCCCCC)C(=O)OC)C(=O)OC. The Labute approximate surface area is 391 Å². The summed E-state index contributed by atoms with van der Waals surface area (Å²) in [4.78, 5) is 50.2. The average Bonchev–Trinajstić information content (AvgIpc) is 3.27. The first-order chi connectivity index (χ1) is 30.4. The maximum atomic E-state index is 12.7. The second-order valence-corrected chi connectivity index (χ2v) is 20.6. The van der Waals surface area contributed by atoms with Crippen molar-refractivity contribution in [2.75, 3.05) is 25.7 Å². The fraction of sp³-hybridized carbons (Fsp3) is 0.923. The van der Waals surface area contributed by atoms with Gasteiger partial charge in [-0.2, -0.15) is 0 Å². The normalized spacial score (nSPS) is 12.3. The zero-order valence-electron chi connectivity index (χ0n) is 41.1. The molecule has 62 heavy (non-hydrogen) atoms. The van der Waals surface area contributed by atoms with Crippen molar-refractivity contribution in [3.8, 4) is 0 Å². The number of carbonyl (C=O) groups is 4. The Hall–Kier alpha value is -1.42. The Morgan fingerprint density at radius 1 is 0.339 bits per heavy atom. The largest absolute Gasteiger partial charge is 0.467 e. The summed E-state index contributed by atoms with van der Waals surface area (Å²) < 4.78 is 9.90. The molecule has 0 radical (unpaired) electrons. The van der Waals surface area contributed by atoms with E-state index in [4.69, 9.17) is 9.47 Å². The predicted octanol–water partition coefficient (Wildman–Crippen LogP) is 15.3. The molecule has 0 unspecified atom stereocenters. The Morgan fingerprint density at radius 3 is 0.726 bits per heavy atom. The molecule has 0 aromatic heterocycles. The number of amides is 2. The van der Waals surface area contributed by atoms with E-state index >= 15 is 0 Å². The summed E-state index contributed by atoms with van der Waals surface area (Å²) in [6, 6.07) is -1.54. The van der Waals surface area contributed by atoms with Crippen LogP contribution in [0.4, 0.5) is 0 Å². The van der Waals surface area contributed by atoms with Gasteiger partial charge in [0.1, 0.15) is 12.1 Å². The molecule has 0 aromatic rings. The molecule has 0 fully saturated rings. The summed E-state index contributed by atoms with van der Waals surface area (Å²) in [6.45, 7) is 4.56. The van der Waals surface area contributed by atoms with Crippen LogP contribution in [0.25, 0.3) is 0 Å². The third-order valence-electron chi connectivity index (χ3n) is 12.2. The molecule has 0 bridgehead atoms. The van der Waals surface area contributed by atoms with Gasteiger partial charge in [0, 0.05) is 24.3 Å². The van der Waals surface area contributed by atoms with Crippen molar-refractivity contribution in [2.24, 2.45) is 0 Å². The molecule has 0 aromatic carbocycles. The molecule has 0 rings (SSSR count). The molecule has 10 heteroatoms. The van der Waals surface area contributed by atoms with Crippen LogP contribution in [-0.4, -0.2) is 61.6 Å². The molecule has 8 nitrogen and oxygen atoms in total. The van der Waals surface area contributed by atoms with Crippen molar-refractivity contribution in [1.29, 1.82) is 0 Å². The number of ether oxygens (including phenoxy) is 2. The van der Waals surface area contributed by atoms with Crippen molar-refractivity contribution in [3.63, 3.8) is 0 Å². The molecule has 2 amide bonds. The van der Waals surface area contributed by atoms with Gasteiger partial charge >= 0.3 is 11.9 Å². The average molecular weight is 914 g/mol. The van der Waals surface area contributed by atoms with Gasteiger partial charge < -0.3 is 20.1 Å². The van der Waals surface area contributed by atoms with E-state index in [-0.39, 0.29) is 11.8 Å². The maximum Gasteiger partial charge on any atom is 0.329 e. The summed E-state index contributed by atoms with van der Waals surface area (Å²) in [6.07, 6.45) is 50.5. The number of hydrogen-bond acceptors (Lipinski definition) is 8. The van der Waals surface area contributed by atoms with E-state index in [9.17, 15) is 19.2 Å². The molecule has 0 heterocycles. The van der Waals surface area contributed by atoms with E-state index in [0.29, 0.717) is 24.3 Å². The number of nitrogens with one attached hydrogen (secondary N) is 2. The van der Waals surface area contributed by atoms with E-state index in [1.807, 2.05) is 0 Å². The Morgan fingerprint density at radius 2 is 0.532 bits per heavy atom. The highest BCUT2D eigenvalue weighted by Crippen LogP contribution is 2.24. The molecule has 0 aliphatic rings. The number of carbonyl (C=O) groups excluding carboxylic acids is 4. The minimum Gasteiger partial charge on any atom is -0.467 e. The second kappa shape index (κ2) is 49.0. The molecular formula is C52H100N2O6S2. The molecule has 2 atom stereocenters. The van der Waals surface area contributed by atoms with Crippen LogP contribution in [0.1, 0.15) is 271 Å². The Balaban J connectivity index is 3.95. The summed E-state index contributed by atoms with van der Waals surface area (Å²) in [5.41, 5.74) is 0. The van der Waals surface area contributed by atoms with Gasteiger partial charge in [-0.15, -0.1) is 0 Å². The van der Waals surface area contributed by atoms with Crippen LogP contribution in [0.5, 0.6) is 0 Å². The summed E-state index contributed by atoms with van der Waals surface area (Å²) >= 11 is 0. The van der Waals surface area contributed by atoms with E-state index in [1.54, 1.807) is 0 Å². The van der Waals surface area contributed by atoms with Crippen LogP contribution in [-0.2, 0) is 28.7 Å². The molecular weight excluding hydrogens is 813 g/mol. The predicted molar refractivity (Wildman–Crippen MR) is 269 cm³/mol. The van der Waals surface area contributed by atoms with E-state index in [2.05, 4.69) is 24.5 Å². The van der Waals surface area contributed by atoms with Crippen LogP contribution >= 0.6 is 21.6 Å². The molecule has 0 spiro atoms. The highest BCUT2D eigenvalue weighted by Gasteiger charge is 2.24. The lowest BCUT2D eigenvalue weighted by atomic mass is 10.0. The standard InChI is InChI=1S/C52H100N2O6S2/c1-5-7-9-11-13-15-17-19-21-23-25-27-29-31-33-35-37-39-41-43-49(55)53-47(51(57)59-3)45-61-62-46-48(52(58)60-4)54-50(56)44-42-40-38-36-34-32-30-28-26-24-22-20-18-16-14-12-10-8-6-2/h47-48H,5-46H2,1-4H3,(H,53,55)(H,54,56)/t47-,48-/m0/s1. The van der Waals surface area contributed by atoms with Gasteiger partial charge in [-0.3, -0.25) is 9.59 Å². The van der Waals surface area contributed by atoms with Gasteiger partial charge in [0.15, 0.2) is 0 Å². The third-order valence-corrected chi connectivity index (χ3v) is 14.6. The van der Waals surface area contributed by atoms with Crippen molar-refractivity contribution >= 4 is 45.3 Å². The molecule has 0 saturated heterocycles. The lowest BCUT2D eigenvalue weighted by molar-refractivity contribution is -0.144. The molecule has 2 N–H and O–H groups in total. The number of hydrogen-bond donors (Lipinski definition) is 2. The van der Waals surface area contributed by atoms with Crippen LogP contribution in [0.3, 0.4) is 0 Å². The first-order valence-corrected chi connectivity index (χ1v) is 28.9. The maximum absolute atomic E-state index is 12.7. The fourth-order valence-electron chi connectivity index (χ4n) is 8.12. The van der Waals surface area contributed by atoms with E-state index < -0.39 is 24.0 Å². The Bertz CT molecular complexity index is 940. The first-order valence-electron chi connectivity index (χ1n) is 26.4. The van der Waals surface area contributed by atoms with E-state index in [0.717, 1.165) is 38.5 Å². The van der Waals surface area contributed by atoms with Gasteiger partial charge in [-0.05, 0) is 12.8 Å². The highest BCUT2D eigenvalue weighted by atomic mass is 33.1. The second-order valence-electron chi connectivity index (χ2n) is 18.1. The van der Waals surface area contributed by atoms with Gasteiger partial charge in [-0.25, -0.2) is 9.59 Å². The van der Waals surface area contributed by atoms with Crippen molar-refractivity contribution in [3.05, 3.63) is 0 Å². The molecule has 0 aliphatic heterocycles. The smallest absolute Gasteiger partial charge is 0.329 e. The summed E-state index contributed by atoms with van der Waals surface area (Å²) in [5, 5.41) is 5.68. The summed E-state index contributed by atoms with van der Waals surface area (Å²) in [7, 11) is 5.37. The van der Waals surface area contributed by atoms with Gasteiger partial charge in [0.2, 0.25) is 11.8 Å². The molecule has 366 valence electrons. The number of esters is 2. The van der Waals surface area contributed by atoms with Crippen LogP contribution < -0.4 is 10.6 Å². The van der Waals surface area contributed by atoms with Crippen LogP contribution in [0.2, 0.25) is 0 Å². The first kappa shape index (κ1) is 60.6. The highest BCUT2D eigenvalue weighted by molar-refractivity contribution is 8.76. The number of methoxy groups -OCH3 is 2. The van der Waals surface area contributed by atoms with Crippen molar-refractivity contribution in [1.82, 2.24) is 10.6 Å². The Kier molecular flexibility index (Phi) is 47.9. The minimum absolute atomic E-state index is 0.146. The van der Waals surface area contributed by atoms with E-state index in [1.165, 1.54) is 241 Å². The molecule has 0 saturated carbocycles. The zero-order chi connectivity index (χ0) is 45.4. The van der Waals surface area contributed by atoms with Crippen LogP contribution in [0, 0.1) is 0 Å². The summed E-state index contributed by atoms with van der Waals surface area (Å²) in [5.74, 6) is -0.679. The van der Waals surface area contributed by atoms with Gasteiger partial charge in [0.25, 0.3) is 0 Å². The lowest BCUT2D eigenvalue weighted by Crippen LogP contribution is -2.44. The third kappa shape index (κ3) is 42.5.